The minimum absolute atomic E-state index is 0.0487. The molecule has 2 aliphatic rings. The number of halogens is 1. The third kappa shape index (κ3) is 4.10. The van der Waals surface area contributed by atoms with Gasteiger partial charge in [-0.3, -0.25) is 19.2 Å². The standard InChI is InChI=1S/C26H32FN7O/c1-5-21-15-32(25-24(27)26(35)31(4)23-12-20(10-11-28)30-34(23)25)16(2)14-33(21)17(3)19-8-9-22(29-13-19)18-6-7-18/h8-9,12-13,16-18,21H,5-7,10,14-15H2,1-4H3/t16-,17-,21+/m0/s1. The first-order chi connectivity index (χ1) is 16.8. The molecule has 5 rings (SSSR count). The first-order valence-corrected chi connectivity index (χ1v) is 12.5. The Kier molecular flexibility index (Phi) is 6.09. The van der Waals surface area contributed by atoms with Crippen molar-refractivity contribution >= 4 is 11.5 Å². The SMILES string of the molecule is CC[C@@H]1CN(c2c(F)c(=O)n(C)c3cc(CC#N)nn23)[C@@H](C)CN1[C@@H](C)c1ccc(C2CC2)nc1. The van der Waals surface area contributed by atoms with Gasteiger partial charge in [0.1, 0.15) is 5.65 Å². The fourth-order valence-electron chi connectivity index (χ4n) is 5.34. The summed E-state index contributed by atoms with van der Waals surface area (Å²) in [6, 6.07) is 8.41. The summed E-state index contributed by atoms with van der Waals surface area (Å²) in [5.74, 6) is 0.00302. The van der Waals surface area contributed by atoms with Crippen LogP contribution in [0.4, 0.5) is 10.2 Å². The van der Waals surface area contributed by atoms with E-state index in [0.717, 1.165) is 6.42 Å². The summed E-state index contributed by atoms with van der Waals surface area (Å²) in [4.78, 5) is 21.9. The first-order valence-electron chi connectivity index (χ1n) is 12.5. The van der Waals surface area contributed by atoms with Crippen molar-refractivity contribution in [2.45, 2.75) is 70.5 Å². The lowest BCUT2D eigenvalue weighted by Gasteiger charge is -2.48. The Balaban J connectivity index is 1.47. The number of rotatable bonds is 6. The molecule has 8 nitrogen and oxygen atoms in total. The van der Waals surface area contributed by atoms with Gasteiger partial charge in [0.25, 0.3) is 5.56 Å². The zero-order chi connectivity index (χ0) is 24.9. The molecule has 0 unspecified atom stereocenters. The van der Waals surface area contributed by atoms with Crippen molar-refractivity contribution < 1.29 is 4.39 Å². The lowest BCUT2D eigenvalue weighted by atomic mass is 9.99. The van der Waals surface area contributed by atoms with Crippen molar-refractivity contribution in [1.29, 1.82) is 5.26 Å². The molecule has 0 spiro atoms. The number of nitriles is 1. The smallest absolute Gasteiger partial charge is 0.291 e. The molecule has 2 fully saturated rings. The molecule has 184 valence electrons. The molecule has 3 aromatic rings. The van der Waals surface area contributed by atoms with E-state index in [4.69, 9.17) is 10.2 Å². The van der Waals surface area contributed by atoms with E-state index in [1.165, 1.54) is 40.2 Å². The molecule has 1 saturated carbocycles. The summed E-state index contributed by atoms with van der Waals surface area (Å²) in [5, 5.41) is 13.6. The van der Waals surface area contributed by atoms with Gasteiger partial charge in [-0.25, -0.2) is 0 Å². The van der Waals surface area contributed by atoms with Crippen molar-refractivity contribution in [1.82, 2.24) is 24.1 Å². The lowest BCUT2D eigenvalue weighted by Crippen LogP contribution is -2.58. The van der Waals surface area contributed by atoms with Gasteiger partial charge in [-0.05, 0) is 44.7 Å². The lowest BCUT2D eigenvalue weighted by molar-refractivity contribution is 0.105. The molecule has 9 heteroatoms. The topological polar surface area (TPSA) is 82.5 Å². The Labute approximate surface area is 204 Å². The number of hydrogen-bond donors (Lipinski definition) is 0. The third-order valence-electron chi connectivity index (χ3n) is 7.65. The molecule has 4 heterocycles. The molecule has 0 amide bonds. The van der Waals surface area contributed by atoms with E-state index in [9.17, 15) is 4.79 Å². The number of anilines is 1. The molecule has 0 aromatic carbocycles. The van der Waals surface area contributed by atoms with Crippen LogP contribution in [0.3, 0.4) is 0 Å². The van der Waals surface area contributed by atoms with Crippen LogP contribution in [0.15, 0.2) is 29.2 Å². The minimum atomic E-state index is -0.810. The highest BCUT2D eigenvalue weighted by Crippen LogP contribution is 2.39. The van der Waals surface area contributed by atoms with Gasteiger partial charge in [-0.2, -0.15) is 19.3 Å². The summed E-state index contributed by atoms with van der Waals surface area (Å²) in [5.41, 5.74) is 2.68. The molecule has 1 aliphatic heterocycles. The van der Waals surface area contributed by atoms with Crippen molar-refractivity contribution in [3.63, 3.8) is 0 Å². The van der Waals surface area contributed by atoms with Crippen molar-refractivity contribution in [2.75, 3.05) is 18.0 Å². The monoisotopic (exact) mass is 477 g/mol. The van der Waals surface area contributed by atoms with Gasteiger partial charge in [0.2, 0.25) is 5.82 Å². The van der Waals surface area contributed by atoms with Gasteiger partial charge in [0, 0.05) is 62.1 Å². The van der Waals surface area contributed by atoms with Gasteiger partial charge >= 0.3 is 0 Å². The van der Waals surface area contributed by atoms with Gasteiger partial charge in [0.15, 0.2) is 5.82 Å². The van der Waals surface area contributed by atoms with Crippen molar-refractivity contribution in [2.24, 2.45) is 7.05 Å². The zero-order valence-electron chi connectivity index (χ0n) is 20.8. The Morgan fingerprint density at radius 2 is 2.06 bits per heavy atom. The van der Waals surface area contributed by atoms with E-state index >= 15 is 4.39 Å². The summed E-state index contributed by atoms with van der Waals surface area (Å²) in [7, 11) is 1.53. The number of nitrogens with zero attached hydrogens (tertiary/aromatic N) is 7. The molecule has 0 radical (unpaired) electrons. The zero-order valence-corrected chi connectivity index (χ0v) is 20.8. The van der Waals surface area contributed by atoms with Crippen LogP contribution in [-0.4, -0.2) is 49.2 Å². The van der Waals surface area contributed by atoms with E-state index in [-0.39, 0.29) is 30.4 Å². The van der Waals surface area contributed by atoms with E-state index in [0.29, 0.717) is 30.3 Å². The van der Waals surface area contributed by atoms with Crippen LogP contribution in [0, 0.1) is 17.1 Å². The normalized spacial score (nSPS) is 21.9. The number of hydrogen-bond acceptors (Lipinski definition) is 6. The molecular weight excluding hydrogens is 445 g/mol. The summed E-state index contributed by atoms with van der Waals surface area (Å²) >= 11 is 0. The Morgan fingerprint density at radius 1 is 1.29 bits per heavy atom. The first kappa shape index (κ1) is 23.5. The van der Waals surface area contributed by atoms with Crippen LogP contribution in [0.25, 0.3) is 5.65 Å². The highest BCUT2D eigenvalue weighted by molar-refractivity contribution is 5.53. The molecule has 3 atom stereocenters. The Hall–Kier alpha value is -3.25. The molecule has 0 N–H and O–H groups in total. The van der Waals surface area contributed by atoms with E-state index in [2.05, 4.69) is 49.0 Å². The average molecular weight is 478 g/mol. The van der Waals surface area contributed by atoms with Crippen LogP contribution in [0.1, 0.15) is 68.9 Å². The van der Waals surface area contributed by atoms with E-state index in [1.54, 1.807) is 6.07 Å². The van der Waals surface area contributed by atoms with Gasteiger partial charge in [0.05, 0.1) is 18.2 Å². The van der Waals surface area contributed by atoms with E-state index in [1.807, 2.05) is 11.1 Å². The maximum absolute atomic E-state index is 15.5. The van der Waals surface area contributed by atoms with Crippen LogP contribution < -0.4 is 10.5 Å². The van der Waals surface area contributed by atoms with Gasteiger partial charge < -0.3 is 4.90 Å². The van der Waals surface area contributed by atoms with Crippen LogP contribution in [0.2, 0.25) is 0 Å². The highest BCUT2D eigenvalue weighted by Gasteiger charge is 2.37. The molecule has 0 bridgehead atoms. The Bertz CT molecular complexity index is 1330. The summed E-state index contributed by atoms with van der Waals surface area (Å²) in [6.45, 7) is 7.69. The maximum Gasteiger partial charge on any atom is 0.291 e. The van der Waals surface area contributed by atoms with Crippen LogP contribution in [0.5, 0.6) is 0 Å². The fourth-order valence-corrected chi connectivity index (χ4v) is 5.34. The van der Waals surface area contributed by atoms with Crippen LogP contribution >= 0.6 is 0 Å². The van der Waals surface area contributed by atoms with Crippen molar-refractivity contribution in [3.8, 4) is 6.07 Å². The Morgan fingerprint density at radius 3 is 2.69 bits per heavy atom. The second kappa shape index (κ2) is 9.08. The number of piperazine rings is 1. The maximum atomic E-state index is 15.5. The summed E-state index contributed by atoms with van der Waals surface area (Å²) < 4.78 is 18.2. The van der Waals surface area contributed by atoms with Gasteiger partial charge in [-0.1, -0.05) is 13.0 Å². The second-order valence-electron chi connectivity index (χ2n) is 9.97. The van der Waals surface area contributed by atoms with Crippen LogP contribution in [-0.2, 0) is 13.5 Å². The molecule has 1 saturated heterocycles. The summed E-state index contributed by atoms with van der Waals surface area (Å²) in [6.07, 6.45) is 5.46. The van der Waals surface area contributed by atoms with Crippen molar-refractivity contribution in [3.05, 3.63) is 57.5 Å². The number of aromatic nitrogens is 4. The largest absolute Gasteiger partial charge is 0.348 e. The van der Waals surface area contributed by atoms with Gasteiger partial charge in [-0.15, -0.1) is 0 Å². The predicted octanol–water partition coefficient (Wildman–Crippen LogP) is 3.56. The number of fused-ring (bicyclic) bond motifs is 1. The predicted molar refractivity (Wildman–Crippen MR) is 132 cm³/mol. The molecule has 35 heavy (non-hydrogen) atoms. The van der Waals surface area contributed by atoms with E-state index < -0.39 is 11.4 Å². The fraction of sp³-hybridized carbons (Fsp3) is 0.538. The number of pyridine rings is 1. The quantitative estimate of drug-likeness (QED) is 0.540. The molecular formula is C26H32FN7O. The third-order valence-corrected chi connectivity index (χ3v) is 7.65. The highest BCUT2D eigenvalue weighted by atomic mass is 19.1. The molecule has 3 aromatic heterocycles. The molecule has 1 aliphatic carbocycles. The number of aryl methyl sites for hydroxylation is 1. The minimum Gasteiger partial charge on any atom is -0.348 e. The second-order valence-corrected chi connectivity index (χ2v) is 9.97. The average Bonchev–Trinajstić information content (AvgIpc) is 3.63.